The molecule has 0 saturated carbocycles. The maximum Gasteiger partial charge on any atom is 0.237 e. The van der Waals surface area contributed by atoms with Crippen molar-refractivity contribution in [3.05, 3.63) is 17.0 Å². The third-order valence-electron chi connectivity index (χ3n) is 3.54. The standard InChI is InChI=1S/C13H21N3O2/c1-8(12-9(2)16-18-10(12)3)7-15-13(17)11-5-4-6-14-11/h8,11,14H,4-7H2,1-3H3,(H,15,17). The van der Waals surface area contributed by atoms with Crippen molar-refractivity contribution in [3.63, 3.8) is 0 Å². The zero-order chi connectivity index (χ0) is 13.1. The number of carbonyl (C=O) groups excluding carboxylic acids is 1. The predicted molar refractivity (Wildman–Crippen MR) is 68.4 cm³/mol. The summed E-state index contributed by atoms with van der Waals surface area (Å²) < 4.78 is 5.15. The van der Waals surface area contributed by atoms with Gasteiger partial charge in [0.05, 0.1) is 11.7 Å². The van der Waals surface area contributed by atoms with Gasteiger partial charge in [0.25, 0.3) is 0 Å². The van der Waals surface area contributed by atoms with Crippen molar-refractivity contribution in [2.75, 3.05) is 13.1 Å². The largest absolute Gasteiger partial charge is 0.361 e. The van der Waals surface area contributed by atoms with Gasteiger partial charge in [0.1, 0.15) is 5.76 Å². The molecule has 1 aromatic rings. The molecular weight excluding hydrogens is 230 g/mol. The molecule has 100 valence electrons. The topological polar surface area (TPSA) is 67.2 Å². The van der Waals surface area contributed by atoms with Crippen molar-refractivity contribution in [2.45, 2.75) is 45.6 Å². The van der Waals surface area contributed by atoms with Gasteiger partial charge in [0.2, 0.25) is 5.91 Å². The molecule has 1 aromatic heterocycles. The van der Waals surface area contributed by atoms with Crippen LogP contribution in [0.3, 0.4) is 0 Å². The minimum absolute atomic E-state index is 0.0122. The maximum absolute atomic E-state index is 11.9. The highest BCUT2D eigenvalue weighted by Gasteiger charge is 2.23. The molecule has 1 aliphatic heterocycles. The highest BCUT2D eigenvalue weighted by Crippen LogP contribution is 2.22. The smallest absolute Gasteiger partial charge is 0.237 e. The van der Waals surface area contributed by atoms with Gasteiger partial charge in [-0.05, 0) is 33.2 Å². The lowest BCUT2D eigenvalue weighted by molar-refractivity contribution is -0.122. The lowest BCUT2D eigenvalue weighted by Crippen LogP contribution is -2.41. The third-order valence-corrected chi connectivity index (χ3v) is 3.54. The molecule has 1 amide bonds. The lowest BCUT2D eigenvalue weighted by Gasteiger charge is -2.15. The Morgan fingerprint density at radius 2 is 2.39 bits per heavy atom. The van der Waals surface area contributed by atoms with Crippen LogP contribution in [0.2, 0.25) is 0 Å². The van der Waals surface area contributed by atoms with E-state index in [4.69, 9.17) is 4.52 Å². The molecule has 0 radical (unpaired) electrons. The van der Waals surface area contributed by atoms with Gasteiger partial charge < -0.3 is 15.2 Å². The van der Waals surface area contributed by atoms with E-state index in [2.05, 4.69) is 22.7 Å². The van der Waals surface area contributed by atoms with Gasteiger partial charge in [0.15, 0.2) is 0 Å². The third kappa shape index (κ3) is 2.72. The summed E-state index contributed by atoms with van der Waals surface area (Å²) in [7, 11) is 0. The highest BCUT2D eigenvalue weighted by atomic mass is 16.5. The first-order chi connectivity index (χ1) is 8.59. The Labute approximate surface area is 107 Å². The number of aromatic nitrogens is 1. The van der Waals surface area contributed by atoms with Gasteiger partial charge in [-0.25, -0.2) is 0 Å². The summed E-state index contributed by atoms with van der Waals surface area (Å²) in [5.41, 5.74) is 2.02. The molecule has 0 aromatic carbocycles. The molecule has 0 aliphatic carbocycles. The van der Waals surface area contributed by atoms with Crippen molar-refractivity contribution in [1.29, 1.82) is 0 Å². The summed E-state index contributed by atoms with van der Waals surface area (Å²) in [6, 6.07) is -0.0122. The molecule has 18 heavy (non-hydrogen) atoms. The lowest BCUT2D eigenvalue weighted by atomic mass is 9.99. The van der Waals surface area contributed by atoms with Crippen molar-refractivity contribution < 1.29 is 9.32 Å². The van der Waals surface area contributed by atoms with Crippen LogP contribution in [0.5, 0.6) is 0 Å². The van der Waals surface area contributed by atoms with Crippen LogP contribution in [0, 0.1) is 13.8 Å². The van der Waals surface area contributed by atoms with Crippen LogP contribution in [0.1, 0.15) is 42.7 Å². The van der Waals surface area contributed by atoms with Gasteiger partial charge >= 0.3 is 0 Å². The fourth-order valence-corrected chi connectivity index (χ4v) is 2.58. The predicted octanol–water partition coefficient (Wildman–Crippen LogP) is 1.26. The van der Waals surface area contributed by atoms with Crippen LogP contribution in [-0.4, -0.2) is 30.2 Å². The van der Waals surface area contributed by atoms with E-state index < -0.39 is 0 Å². The molecular formula is C13H21N3O2. The molecule has 0 spiro atoms. The second-order valence-electron chi connectivity index (χ2n) is 5.03. The van der Waals surface area contributed by atoms with E-state index in [0.29, 0.717) is 6.54 Å². The van der Waals surface area contributed by atoms with E-state index in [1.807, 2.05) is 13.8 Å². The Balaban J connectivity index is 1.88. The molecule has 5 heteroatoms. The van der Waals surface area contributed by atoms with Crippen molar-refractivity contribution in [2.24, 2.45) is 0 Å². The van der Waals surface area contributed by atoms with Crippen molar-refractivity contribution >= 4 is 5.91 Å². The van der Waals surface area contributed by atoms with Gasteiger partial charge in [-0.2, -0.15) is 0 Å². The zero-order valence-electron chi connectivity index (χ0n) is 11.2. The zero-order valence-corrected chi connectivity index (χ0v) is 11.2. The molecule has 1 aliphatic rings. The van der Waals surface area contributed by atoms with Crippen LogP contribution in [0.4, 0.5) is 0 Å². The first-order valence-electron chi connectivity index (χ1n) is 6.53. The molecule has 1 fully saturated rings. The number of amides is 1. The minimum atomic E-state index is -0.0122. The van der Waals surface area contributed by atoms with Gasteiger partial charge in [-0.1, -0.05) is 12.1 Å². The summed E-state index contributed by atoms with van der Waals surface area (Å²) >= 11 is 0. The monoisotopic (exact) mass is 251 g/mol. The SMILES string of the molecule is Cc1noc(C)c1C(C)CNC(=O)C1CCCN1. The van der Waals surface area contributed by atoms with Crippen molar-refractivity contribution in [1.82, 2.24) is 15.8 Å². The van der Waals surface area contributed by atoms with Crippen LogP contribution in [0.15, 0.2) is 4.52 Å². The number of aryl methyl sites for hydroxylation is 2. The van der Waals surface area contributed by atoms with Gasteiger partial charge in [-0.15, -0.1) is 0 Å². The number of carbonyl (C=O) groups is 1. The summed E-state index contributed by atoms with van der Waals surface area (Å²) in [6.45, 7) is 7.49. The molecule has 1 saturated heterocycles. The normalized spacial score (nSPS) is 20.9. The average Bonchev–Trinajstić information content (AvgIpc) is 2.96. The minimum Gasteiger partial charge on any atom is -0.361 e. The Hall–Kier alpha value is -1.36. The molecule has 0 bridgehead atoms. The van der Waals surface area contributed by atoms with Crippen LogP contribution < -0.4 is 10.6 Å². The molecule has 2 atom stereocenters. The first-order valence-corrected chi connectivity index (χ1v) is 6.53. The Morgan fingerprint density at radius 1 is 1.61 bits per heavy atom. The van der Waals surface area contributed by atoms with Crippen LogP contribution >= 0.6 is 0 Å². The Bertz CT molecular complexity index is 402. The molecule has 5 nitrogen and oxygen atoms in total. The van der Waals surface area contributed by atoms with Gasteiger partial charge in [-0.3, -0.25) is 4.79 Å². The van der Waals surface area contributed by atoms with Crippen LogP contribution in [0.25, 0.3) is 0 Å². The summed E-state index contributed by atoms with van der Waals surface area (Å²) in [5.74, 6) is 1.17. The number of hydrogen-bond donors (Lipinski definition) is 2. The highest BCUT2D eigenvalue weighted by molar-refractivity contribution is 5.82. The van der Waals surface area contributed by atoms with Crippen molar-refractivity contribution in [3.8, 4) is 0 Å². The molecule has 2 N–H and O–H groups in total. The molecule has 2 unspecified atom stereocenters. The number of nitrogens with one attached hydrogen (secondary N) is 2. The maximum atomic E-state index is 11.9. The quantitative estimate of drug-likeness (QED) is 0.845. The number of hydrogen-bond acceptors (Lipinski definition) is 4. The number of nitrogens with zero attached hydrogens (tertiary/aromatic N) is 1. The number of rotatable bonds is 4. The van der Waals surface area contributed by atoms with E-state index in [-0.39, 0.29) is 17.9 Å². The average molecular weight is 251 g/mol. The van der Waals surface area contributed by atoms with E-state index in [0.717, 1.165) is 36.4 Å². The van der Waals surface area contributed by atoms with E-state index in [1.165, 1.54) is 0 Å². The fourth-order valence-electron chi connectivity index (χ4n) is 2.58. The molecule has 2 heterocycles. The second-order valence-corrected chi connectivity index (χ2v) is 5.03. The summed E-state index contributed by atoms with van der Waals surface area (Å²) in [5, 5.41) is 10.1. The van der Waals surface area contributed by atoms with E-state index in [9.17, 15) is 4.79 Å². The second kappa shape index (κ2) is 5.52. The Morgan fingerprint density at radius 3 is 2.94 bits per heavy atom. The van der Waals surface area contributed by atoms with E-state index >= 15 is 0 Å². The first kappa shape index (κ1) is 13.1. The Kier molecular flexibility index (Phi) is 4.01. The van der Waals surface area contributed by atoms with Gasteiger partial charge in [0, 0.05) is 18.0 Å². The van der Waals surface area contributed by atoms with E-state index in [1.54, 1.807) is 0 Å². The molecule has 2 rings (SSSR count). The van der Waals surface area contributed by atoms with Crippen LogP contribution in [-0.2, 0) is 4.79 Å². The fraction of sp³-hybridized carbons (Fsp3) is 0.692. The summed E-state index contributed by atoms with van der Waals surface area (Å²) in [4.78, 5) is 11.9. The summed E-state index contributed by atoms with van der Waals surface area (Å²) in [6.07, 6.45) is 2.02.